The molecule has 74 valence electrons. The van der Waals surface area contributed by atoms with Crippen LogP contribution in [0.25, 0.3) is 0 Å². The number of nitrogens with zero attached hydrogens (tertiary/aromatic N) is 1. The van der Waals surface area contributed by atoms with Gasteiger partial charge >= 0.3 is 0 Å². The number of halogens is 2. The van der Waals surface area contributed by atoms with Crippen LogP contribution in [0.3, 0.4) is 0 Å². The van der Waals surface area contributed by atoms with Gasteiger partial charge in [-0.15, -0.1) is 0 Å². The predicted molar refractivity (Wildman–Crippen MR) is 60.3 cm³/mol. The van der Waals surface area contributed by atoms with E-state index >= 15 is 0 Å². The van der Waals surface area contributed by atoms with Gasteiger partial charge in [0.25, 0.3) is 0 Å². The smallest absolute Gasteiger partial charge is 0.169 e. The molecule has 0 unspecified atom stereocenters. The fraction of sp³-hybridized carbons (Fsp3) is 0.857. The second-order valence-corrected chi connectivity index (χ2v) is 4.59. The Kier molecular flexibility index (Phi) is 10.1. The van der Waals surface area contributed by atoms with Gasteiger partial charge in [-0.2, -0.15) is 0 Å². The summed E-state index contributed by atoms with van der Waals surface area (Å²) >= 11 is 7.11. The van der Waals surface area contributed by atoms with Crippen molar-refractivity contribution >= 4 is 39.9 Å². The number of thiocarbonyl (C=S) groups is 1. The molecule has 0 bridgehead atoms. The summed E-state index contributed by atoms with van der Waals surface area (Å²) in [5.41, 5.74) is 0. The summed E-state index contributed by atoms with van der Waals surface area (Å²) in [7, 11) is 6.41. The monoisotopic (exact) mass is 415 g/mol. The highest BCUT2D eigenvalue weighted by Gasteiger charge is 2.06. The molecule has 0 heterocycles. The summed E-state index contributed by atoms with van der Waals surface area (Å²) in [5, 5.41) is 0.707. The van der Waals surface area contributed by atoms with Crippen LogP contribution in [0, 0.1) is 0 Å². The number of alkyl halides is 1. The van der Waals surface area contributed by atoms with Gasteiger partial charge in [0.15, 0.2) is 5.05 Å². The minimum absolute atomic E-state index is 0. The molecule has 0 saturated carbocycles. The Labute approximate surface area is 111 Å². The van der Waals surface area contributed by atoms with Crippen molar-refractivity contribution in [3.8, 4) is 0 Å². The van der Waals surface area contributed by atoms with Crippen molar-refractivity contribution in [1.29, 1.82) is 0 Å². The first-order valence-corrected chi connectivity index (χ1v) is 5.41. The molecule has 0 aromatic carbocycles. The Bertz CT molecular complexity index is 136. The molecule has 0 aromatic rings. The highest BCUT2D eigenvalue weighted by molar-refractivity contribution is 14.1. The van der Waals surface area contributed by atoms with E-state index in [0.717, 1.165) is 22.1 Å². The zero-order valence-electron chi connectivity index (χ0n) is 7.64. The minimum Gasteiger partial charge on any atom is -1.00 e. The second-order valence-electron chi connectivity index (χ2n) is 3.37. The molecule has 0 atom stereocenters. The van der Waals surface area contributed by atoms with Crippen LogP contribution in [0.4, 0.5) is 0 Å². The van der Waals surface area contributed by atoms with E-state index in [-0.39, 0.29) is 24.0 Å². The van der Waals surface area contributed by atoms with E-state index in [1.807, 2.05) is 0 Å². The van der Waals surface area contributed by atoms with Crippen LogP contribution in [0.2, 0.25) is 0 Å². The van der Waals surface area contributed by atoms with Gasteiger partial charge in [-0.3, -0.25) is 0 Å². The predicted octanol–water partition coefficient (Wildman–Crippen LogP) is -1.52. The highest BCUT2D eigenvalue weighted by Crippen LogP contribution is 1.93. The van der Waals surface area contributed by atoms with Gasteiger partial charge in [0.1, 0.15) is 13.2 Å². The van der Waals surface area contributed by atoms with Crippen LogP contribution in [0.5, 0.6) is 0 Å². The lowest BCUT2D eigenvalue weighted by Crippen LogP contribution is -3.00. The van der Waals surface area contributed by atoms with Crippen LogP contribution in [0.1, 0.15) is 0 Å². The summed E-state index contributed by atoms with van der Waals surface area (Å²) in [6.07, 6.45) is 0. The van der Waals surface area contributed by atoms with Crippen molar-refractivity contribution in [2.45, 2.75) is 0 Å². The molecular formula is C7H15I2NOS. The number of quaternary nitrogens is 1. The molecular weight excluding hydrogens is 400 g/mol. The Balaban J connectivity index is 0. The molecule has 0 rings (SSSR count). The Hall–Kier alpha value is 1.31. The van der Waals surface area contributed by atoms with E-state index in [0.29, 0.717) is 5.05 Å². The van der Waals surface area contributed by atoms with Crippen LogP contribution in [-0.2, 0) is 4.74 Å². The van der Waals surface area contributed by atoms with Gasteiger partial charge < -0.3 is 33.2 Å². The maximum atomic E-state index is 5.28. The molecule has 2 nitrogen and oxygen atoms in total. The molecule has 0 amide bonds. The van der Waals surface area contributed by atoms with Crippen molar-refractivity contribution in [3.63, 3.8) is 0 Å². The largest absolute Gasteiger partial charge is 1.00 e. The number of hydrogen-bond acceptors (Lipinski definition) is 2. The van der Waals surface area contributed by atoms with E-state index in [1.54, 1.807) is 0 Å². The first-order chi connectivity index (χ1) is 4.95. The molecule has 0 aliphatic carbocycles. The molecule has 12 heavy (non-hydrogen) atoms. The first kappa shape index (κ1) is 15.8. The van der Waals surface area contributed by atoms with E-state index < -0.39 is 0 Å². The van der Waals surface area contributed by atoms with Gasteiger partial charge in [-0.1, -0.05) is 22.6 Å². The maximum Gasteiger partial charge on any atom is 0.169 e. The Morgan fingerprint density at radius 2 is 1.92 bits per heavy atom. The van der Waals surface area contributed by atoms with Crippen LogP contribution < -0.4 is 24.0 Å². The fourth-order valence-electron chi connectivity index (χ4n) is 0.472. The maximum absolute atomic E-state index is 5.28. The van der Waals surface area contributed by atoms with Gasteiger partial charge in [-0.25, -0.2) is 0 Å². The van der Waals surface area contributed by atoms with Crippen LogP contribution in [0.15, 0.2) is 0 Å². The molecule has 5 heteroatoms. The number of rotatable bonds is 4. The van der Waals surface area contributed by atoms with E-state index in [2.05, 4.69) is 43.7 Å². The molecule has 0 spiro atoms. The lowest BCUT2D eigenvalue weighted by Gasteiger charge is -2.23. The number of ether oxygens (including phenoxy) is 1. The lowest BCUT2D eigenvalue weighted by molar-refractivity contribution is -0.870. The topological polar surface area (TPSA) is 9.23 Å². The van der Waals surface area contributed by atoms with Crippen molar-refractivity contribution in [1.82, 2.24) is 0 Å². The van der Waals surface area contributed by atoms with Gasteiger partial charge in [-0.05, 0) is 12.2 Å². The van der Waals surface area contributed by atoms with Crippen molar-refractivity contribution < 1.29 is 33.2 Å². The third kappa shape index (κ3) is 11.3. The van der Waals surface area contributed by atoms with Crippen molar-refractivity contribution in [2.24, 2.45) is 0 Å². The molecule has 0 N–H and O–H groups in total. The molecule has 0 fully saturated rings. The fourth-order valence-corrected chi connectivity index (χ4v) is 0.775. The van der Waals surface area contributed by atoms with Crippen molar-refractivity contribution in [2.75, 3.05) is 38.7 Å². The van der Waals surface area contributed by atoms with Crippen LogP contribution >= 0.6 is 34.8 Å². The van der Waals surface area contributed by atoms with Crippen molar-refractivity contribution in [3.05, 3.63) is 0 Å². The molecule has 0 aliphatic heterocycles. The second kappa shape index (κ2) is 7.69. The van der Waals surface area contributed by atoms with E-state index in [9.17, 15) is 0 Å². The minimum atomic E-state index is 0. The van der Waals surface area contributed by atoms with Gasteiger partial charge in [0.05, 0.1) is 25.6 Å². The summed E-state index contributed by atoms with van der Waals surface area (Å²) in [4.78, 5) is 0. The van der Waals surface area contributed by atoms with E-state index in [1.165, 1.54) is 0 Å². The average Bonchev–Trinajstić information content (AvgIpc) is 1.85. The molecule has 0 aliphatic rings. The number of hydrogen-bond donors (Lipinski definition) is 0. The Morgan fingerprint density at radius 3 is 2.25 bits per heavy atom. The average molecular weight is 415 g/mol. The molecule has 0 saturated heterocycles. The summed E-state index contributed by atoms with van der Waals surface area (Å²) in [6, 6.07) is 0. The third-order valence-electron chi connectivity index (χ3n) is 1.13. The molecule has 0 aromatic heterocycles. The zero-order valence-corrected chi connectivity index (χ0v) is 12.8. The number of likely N-dealkylation sites (N-methyl/N-ethyl adjacent to an activating group) is 1. The zero-order chi connectivity index (χ0) is 8.91. The quantitative estimate of drug-likeness (QED) is 0.239. The SMILES string of the molecule is C[N+](C)(C)CCOC(=S)CI.[I-]. The molecule has 0 radical (unpaired) electrons. The van der Waals surface area contributed by atoms with Gasteiger partial charge in [0.2, 0.25) is 0 Å². The summed E-state index contributed by atoms with van der Waals surface area (Å²) < 4.78 is 7.01. The lowest BCUT2D eigenvalue weighted by atomic mass is 10.5. The first-order valence-electron chi connectivity index (χ1n) is 3.48. The Morgan fingerprint density at radius 1 is 1.42 bits per heavy atom. The normalized spacial score (nSPS) is 10.3. The van der Waals surface area contributed by atoms with E-state index in [4.69, 9.17) is 17.0 Å². The highest BCUT2D eigenvalue weighted by atomic mass is 127. The third-order valence-corrected chi connectivity index (χ3v) is 2.61. The summed E-state index contributed by atoms with van der Waals surface area (Å²) in [6.45, 7) is 1.72. The van der Waals surface area contributed by atoms with Crippen LogP contribution in [-0.4, -0.2) is 48.3 Å². The van der Waals surface area contributed by atoms with Gasteiger partial charge in [0, 0.05) is 0 Å². The summed E-state index contributed by atoms with van der Waals surface area (Å²) in [5.74, 6) is 0. The standard InChI is InChI=1S/C7H15INOS.HI/c1-9(2,3)4-5-10-7(11)6-8;/h4-6H2,1-3H3;1H/q+1;/p-1.